The van der Waals surface area contributed by atoms with Crippen LogP contribution in [0.25, 0.3) is 0 Å². The molecular weight excluding hydrogens is 188 g/mol. The van der Waals surface area contributed by atoms with E-state index in [-0.39, 0.29) is 5.04 Å². The van der Waals surface area contributed by atoms with Gasteiger partial charge in [0, 0.05) is 18.2 Å². The third-order valence-corrected chi connectivity index (χ3v) is 3.14. The first-order valence-electron chi connectivity index (χ1n) is 4.07. The van der Waals surface area contributed by atoms with E-state index in [9.17, 15) is 8.42 Å². The summed E-state index contributed by atoms with van der Waals surface area (Å²) in [6, 6.07) is 0. The first-order chi connectivity index (χ1) is 5.81. The number of aliphatic imine (C=N–C) groups is 1. The molecule has 1 aliphatic heterocycles. The van der Waals surface area contributed by atoms with Crippen molar-refractivity contribution < 1.29 is 8.42 Å². The summed E-state index contributed by atoms with van der Waals surface area (Å²) in [5.41, 5.74) is -0.454. The van der Waals surface area contributed by atoms with Gasteiger partial charge >= 0.3 is 0 Å². The second-order valence-corrected chi connectivity index (χ2v) is 5.65. The van der Waals surface area contributed by atoms with Gasteiger partial charge in [-0.3, -0.25) is 0 Å². The second kappa shape index (κ2) is 3.23. The number of sulfonamides is 1. The van der Waals surface area contributed by atoms with Crippen molar-refractivity contribution in [1.29, 1.82) is 0 Å². The van der Waals surface area contributed by atoms with Crippen LogP contribution < -0.4 is 4.72 Å². The molecule has 4 nitrogen and oxygen atoms in total. The Labute approximate surface area is 78.8 Å². The van der Waals surface area contributed by atoms with Gasteiger partial charge in [0.05, 0.1) is 0 Å². The maximum atomic E-state index is 11.6. The van der Waals surface area contributed by atoms with Gasteiger partial charge in [0.2, 0.25) is 0 Å². The molecule has 1 aliphatic rings. The fraction of sp³-hybridized carbons (Fsp3) is 0.625. The van der Waals surface area contributed by atoms with Gasteiger partial charge < -0.3 is 0 Å². The van der Waals surface area contributed by atoms with Crippen molar-refractivity contribution in [2.45, 2.75) is 32.7 Å². The topological polar surface area (TPSA) is 58.5 Å². The standard InChI is InChI=1S/C8H14N2O2S/c1-8(2,3)10-13(11,12)7-5-4-6-9-7/h4,6,10H,5H2,1-3H3. The predicted molar refractivity (Wildman–Crippen MR) is 53.0 cm³/mol. The Morgan fingerprint density at radius 1 is 1.46 bits per heavy atom. The molecule has 0 bridgehead atoms. The van der Waals surface area contributed by atoms with Gasteiger partial charge in [-0.25, -0.2) is 18.1 Å². The zero-order valence-corrected chi connectivity index (χ0v) is 8.85. The highest BCUT2D eigenvalue weighted by Gasteiger charge is 2.25. The fourth-order valence-corrected chi connectivity index (χ4v) is 2.42. The molecule has 1 rings (SSSR count). The quantitative estimate of drug-likeness (QED) is 0.690. The average molecular weight is 202 g/mol. The maximum absolute atomic E-state index is 11.6. The largest absolute Gasteiger partial charge is 0.254 e. The Morgan fingerprint density at radius 3 is 2.46 bits per heavy atom. The molecular formula is C8H14N2O2S. The fourth-order valence-electron chi connectivity index (χ4n) is 0.983. The minimum Gasteiger partial charge on any atom is -0.248 e. The minimum absolute atomic E-state index is 0.197. The van der Waals surface area contributed by atoms with E-state index in [2.05, 4.69) is 9.71 Å². The average Bonchev–Trinajstić information content (AvgIpc) is 2.29. The summed E-state index contributed by atoms with van der Waals surface area (Å²) in [4.78, 5) is 3.78. The Kier molecular flexibility index (Phi) is 2.58. The molecule has 0 fully saturated rings. The molecule has 0 spiro atoms. The van der Waals surface area contributed by atoms with Gasteiger partial charge in [0.25, 0.3) is 10.0 Å². The lowest BCUT2D eigenvalue weighted by Crippen LogP contribution is -2.43. The minimum atomic E-state index is -3.38. The number of nitrogens with zero attached hydrogens (tertiary/aromatic N) is 1. The number of hydrogen-bond acceptors (Lipinski definition) is 3. The van der Waals surface area contributed by atoms with Crippen LogP contribution in [0, 0.1) is 0 Å². The predicted octanol–water partition coefficient (Wildman–Crippen LogP) is 1.02. The molecule has 0 saturated heterocycles. The van der Waals surface area contributed by atoms with E-state index in [1.165, 1.54) is 6.20 Å². The Hall–Kier alpha value is -0.680. The first kappa shape index (κ1) is 10.4. The third-order valence-electron chi connectivity index (χ3n) is 1.37. The molecule has 1 N–H and O–H groups in total. The molecule has 0 aromatic heterocycles. The summed E-state index contributed by atoms with van der Waals surface area (Å²) in [7, 11) is -3.38. The van der Waals surface area contributed by atoms with Crippen LogP contribution in [-0.4, -0.2) is 19.0 Å². The lowest BCUT2D eigenvalue weighted by molar-refractivity contribution is 0.498. The zero-order valence-electron chi connectivity index (χ0n) is 8.03. The normalized spacial score (nSPS) is 17.6. The lowest BCUT2D eigenvalue weighted by Gasteiger charge is -2.19. The van der Waals surface area contributed by atoms with E-state index in [0.29, 0.717) is 6.42 Å². The molecule has 0 atom stereocenters. The van der Waals surface area contributed by atoms with E-state index in [1.807, 2.05) is 0 Å². The Morgan fingerprint density at radius 2 is 2.08 bits per heavy atom. The smallest absolute Gasteiger partial charge is 0.248 e. The van der Waals surface area contributed by atoms with Crippen LogP contribution in [0.3, 0.4) is 0 Å². The summed E-state index contributed by atoms with van der Waals surface area (Å²) >= 11 is 0. The summed E-state index contributed by atoms with van der Waals surface area (Å²) < 4.78 is 25.7. The molecule has 0 unspecified atom stereocenters. The van der Waals surface area contributed by atoms with Crippen LogP contribution in [0.15, 0.2) is 17.3 Å². The molecule has 5 heteroatoms. The molecule has 0 amide bonds. The van der Waals surface area contributed by atoms with E-state index < -0.39 is 15.6 Å². The van der Waals surface area contributed by atoms with E-state index in [0.717, 1.165) is 0 Å². The van der Waals surface area contributed by atoms with Crippen molar-refractivity contribution >= 4 is 15.1 Å². The molecule has 0 saturated carbocycles. The summed E-state index contributed by atoms with van der Waals surface area (Å²) in [6.45, 7) is 5.40. The van der Waals surface area contributed by atoms with Crippen LogP contribution in [0.5, 0.6) is 0 Å². The summed E-state index contributed by atoms with van der Waals surface area (Å²) in [5.74, 6) is 0. The van der Waals surface area contributed by atoms with Crippen LogP contribution in [-0.2, 0) is 10.0 Å². The second-order valence-electron chi connectivity index (χ2n) is 3.97. The maximum Gasteiger partial charge on any atom is 0.254 e. The van der Waals surface area contributed by atoms with E-state index in [1.54, 1.807) is 26.8 Å². The molecule has 13 heavy (non-hydrogen) atoms. The highest BCUT2D eigenvalue weighted by atomic mass is 32.2. The number of allylic oxidation sites excluding steroid dienone is 1. The highest BCUT2D eigenvalue weighted by molar-refractivity contribution is 8.04. The molecule has 0 radical (unpaired) electrons. The summed E-state index contributed by atoms with van der Waals surface area (Å²) in [5, 5.41) is 0.197. The molecule has 0 aliphatic carbocycles. The van der Waals surface area contributed by atoms with Gasteiger partial charge in [-0.05, 0) is 20.8 Å². The van der Waals surface area contributed by atoms with Gasteiger partial charge in [-0.1, -0.05) is 6.08 Å². The third kappa shape index (κ3) is 2.93. The van der Waals surface area contributed by atoms with Crippen molar-refractivity contribution in [2.75, 3.05) is 0 Å². The number of nitrogens with one attached hydrogen (secondary N) is 1. The number of rotatable bonds is 1. The molecule has 74 valence electrons. The van der Waals surface area contributed by atoms with Crippen LogP contribution in [0.4, 0.5) is 0 Å². The highest BCUT2D eigenvalue weighted by Crippen LogP contribution is 2.09. The van der Waals surface area contributed by atoms with Crippen LogP contribution in [0.1, 0.15) is 27.2 Å². The van der Waals surface area contributed by atoms with Crippen molar-refractivity contribution in [1.82, 2.24) is 4.72 Å². The van der Waals surface area contributed by atoms with Gasteiger partial charge in [0.1, 0.15) is 0 Å². The van der Waals surface area contributed by atoms with Crippen molar-refractivity contribution in [3.63, 3.8) is 0 Å². The monoisotopic (exact) mass is 202 g/mol. The Balaban J connectivity index is 2.79. The first-order valence-corrected chi connectivity index (χ1v) is 5.55. The van der Waals surface area contributed by atoms with E-state index in [4.69, 9.17) is 0 Å². The van der Waals surface area contributed by atoms with Crippen molar-refractivity contribution in [2.24, 2.45) is 4.99 Å². The van der Waals surface area contributed by atoms with Crippen LogP contribution in [0.2, 0.25) is 0 Å². The lowest BCUT2D eigenvalue weighted by atomic mass is 10.1. The van der Waals surface area contributed by atoms with Crippen molar-refractivity contribution in [3.8, 4) is 0 Å². The SMILES string of the molecule is CC(C)(C)NS(=O)(=O)C1=NC=CC1. The number of hydrogen-bond donors (Lipinski definition) is 1. The summed E-state index contributed by atoms with van der Waals surface area (Å²) in [6.07, 6.45) is 3.62. The van der Waals surface area contributed by atoms with Gasteiger partial charge in [-0.15, -0.1) is 0 Å². The van der Waals surface area contributed by atoms with Crippen LogP contribution >= 0.6 is 0 Å². The Bertz CT molecular complexity index is 347. The molecule has 1 heterocycles. The molecule has 0 aromatic rings. The van der Waals surface area contributed by atoms with Gasteiger partial charge in [0.15, 0.2) is 5.04 Å². The van der Waals surface area contributed by atoms with E-state index >= 15 is 0 Å². The van der Waals surface area contributed by atoms with Crippen molar-refractivity contribution in [3.05, 3.63) is 12.3 Å². The molecule has 0 aromatic carbocycles. The zero-order chi connectivity index (χ0) is 10.1. The van der Waals surface area contributed by atoms with Gasteiger partial charge in [-0.2, -0.15) is 0 Å².